The third-order valence-corrected chi connectivity index (χ3v) is 2.12. The number of aromatic carboxylic acids is 1. The lowest BCUT2D eigenvalue weighted by atomic mass is 10.1. The third kappa shape index (κ3) is 1.88. The van der Waals surface area contributed by atoms with E-state index in [0.29, 0.717) is 0 Å². The van der Waals surface area contributed by atoms with Gasteiger partial charge in [-0.2, -0.15) is 0 Å². The van der Waals surface area contributed by atoms with Crippen molar-refractivity contribution >= 4 is 11.8 Å². The molecule has 1 N–H and O–H groups in total. The fourth-order valence-corrected chi connectivity index (χ4v) is 1.39. The van der Waals surface area contributed by atoms with Gasteiger partial charge in [0.1, 0.15) is 5.82 Å². The van der Waals surface area contributed by atoms with Crippen molar-refractivity contribution in [1.82, 2.24) is 4.98 Å². The van der Waals surface area contributed by atoms with Crippen LogP contribution >= 0.6 is 0 Å². The molecule has 2 rings (SSSR count). The van der Waals surface area contributed by atoms with Crippen LogP contribution in [-0.4, -0.2) is 35.1 Å². The van der Waals surface area contributed by atoms with Crippen LogP contribution in [0.2, 0.25) is 0 Å². The van der Waals surface area contributed by atoms with Gasteiger partial charge in [-0.05, 0) is 12.1 Å². The third-order valence-electron chi connectivity index (χ3n) is 2.12. The van der Waals surface area contributed by atoms with Gasteiger partial charge in [0.2, 0.25) is 0 Å². The molecule has 0 amide bonds. The Bertz CT molecular complexity index is 401. The van der Waals surface area contributed by atoms with Gasteiger partial charge in [-0.3, -0.25) is 0 Å². The van der Waals surface area contributed by atoms with Crippen molar-refractivity contribution in [3.05, 3.63) is 23.9 Å². The highest BCUT2D eigenvalue weighted by molar-refractivity contribution is 5.85. The summed E-state index contributed by atoms with van der Waals surface area (Å²) in [6.45, 7) is -0.799. The van der Waals surface area contributed by atoms with E-state index < -0.39 is 25.0 Å². The predicted octanol–water partition coefficient (Wildman–Crippen LogP) is 1.24. The Morgan fingerprint density at radius 3 is 2.67 bits per heavy atom. The molecule has 0 aliphatic carbocycles. The number of alkyl halides is 2. The molecule has 0 aromatic carbocycles. The maximum absolute atomic E-state index is 12.5. The van der Waals surface area contributed by atoms with Crippen molar-refractivity contribution in [3.63, 3.8) is 0 Å². The minimum Gasteiger partial charge on any atom is -0.477 e. The molecule has 1 saturated heterocycles. The summed E-state index contributed by atoms with van der Waals surface area (Å²) in [5, 5.41) is 8.66. The van der Waals surface area contributed by atoms with E-state index in [2.05, 4.69) is 4.98 Å². The number of carboxylic acids is 1. The first kappa shape index (κ1) is 9.82. The van der Waals surface area contributed by atoms with Crippen molar-refractivity contribution in [1.29, 1.82) is 0 Å². The zero-order valence-corrected chi connectivity index (χ0v) is 7.65. The molecule has 0 radical (unpaired) electrons. The van der Waals surface area contributed by atoms with Crippen LogP contribution in [-0.2, 0) is 0 Å². The second kappa shape index (κ2) is 3.15. The Hall–Kier alpha value is -1.72. The van der Waals surface area contributed by atoms with Gasteiger partial charge in [0, 0.05) is 0 Å². The standard InChI is InChI=1S/C9H8F2N2O2/c10-9(11)4-13(5-9)7-3-1-2-6(12-7)8(14)15/h1-3H,4-5H2,(H,14,15). The zero-order valence-electron chi connectivity index (χ0n) is 7.65. The van der Waals surface area contributed by atoms with Gasteiger partial charge >= 0.3 is 5.97 Å². The predicted molar refractivity (Wildman–Crippen MR) is 48.4 cm³/mol. The molecule has 1 aromatic rings. The van der Waals surface area contributed by atoms with Gasteiger partial charge < -0.3 is 10.0 Å². The average Bonchev–Trinajstić information content (AvgIpc) is 2.14. The smallest absolute Gasteiger partial charge is 0.354 e. The van der Waals surface area contributed by atoms with E-state index in [1.54, 1.807) is 0 Å². The first-order valence-electron chi connectivity index (χ1n) is 4.31. The Balaban J connectivity index is 2.17. The summed E-state index contributed by atoms with van der Waals surface area (Å²) in [4.78, 5) is 15.7. The van der Waals surface area contributed by atoms with Crippen LogP contribution in [0.3, 0.4) is 0 Å². The quantitative estimate of drug-likeness (QED) is 0.804. The maximum atomic E-state index is 12.5. The molecule has 4 nitrogen and oxygen atoms in total. The molecule has 0 unspecified atom stereocenters. The number of carbonyl (C=O) groups is 1. The molecule has 1 aliphatic heterocycles. The molecule has 1 aliphatic rings. The van der Waals surface area contributed by atoms with Crippen molar-refractivity contribution in [2.75, 3.05) is 18.0 Å². The van der Waals surface area contributed by atoms with Crippen LogP contribution in [0.4, 0.5) is 14.6 Å². The molecule has 0 spiro atoms. The highest BCUT2D eigenvalue weighted by Crippen LogP contribution is 2.30. The number of hydrogen-bond acceptors (Lipinski definition) is 3. The van der Waals surface area contributed by atoms with Crippen LogP contribution in [0.5, 0.6) is 0 Å². The summed E-state index contributed by atoms with van der Waals surface area (Å²) >= 11 is 0. The summed E-state index contributed by atoms with van der Waals surface area (Å²) in [5.74, 6) is -3.56. The minimum atomic E-state index is -2.68. The molecular weight excluding hydrogens is 206 g/mol. The molecule has 80 valence electrons. The lowest BCUT2D eigenvalue weighted by Crippen LogP contribution is -2.56. The number of hydrogen-bond donors (Lipinski definition) is 1. The van der Waals surface area contributed by atoms with Crippen LogP contribution in [0, 0.1) is 0 Å². The van der Waals surface area contributed by atoms with Gasteiger partial charge in [0.05, 0.1) is 13.1 Å². The first-order chi connectivity index (χ1) is 6.98. The van der Waals surface area contributed by atoms with Crippen LogP contribution in [0.25, 0.3) is 0 Å². The molecule has 1 aromatic heterocycles. The van der Waals surface area contributed by atoms with Crippen LogP contribution in [0.1, 0.15) is 10.5 Å². The van der Waals surface area contributed by atoms with Gasteiger partial charge in [0.15, 0.2) is 5.69 Å². The molecule has 1 fully saturated rings. The monoisotopic (exact) mass is 214 g/mol. The molecule has 0 bridgehead atoms. The normalized spacial score (nSPS) is 18.4. The van der Waals surface area contributed by atoms with Crippen molar-refractivity contribution < 1.29 is 18.7 Å². The molecule has 15 heavy (non-hydrogen) atoms. The summed E-state index contributed by atoms with van der Waals surface area (Å²) < 4.78 is 25.1. The maximum Gasteiger partial charge on any atom is 0.354 e. The van der Waals surface area contributed by atoms with E-state index in [0.717, 1.165) is 0 Å². The lowest BCUT2D eigenvalue weighted by Gasteiger charge is -2.39. The minimum absolute atomic E-state index is 0.136. The van der Waals surface area contributed by atoms with Crippen LogP contribution < -0.4 is 4.90 Å². The largest absolute Gasteiger partial charge is 0.477 e. The molecule has 2 heterocycles. The fraction of sp³-hybridized carbons (Fsp3) is 0.333. The number of pyridine rings is 1. The number of carboxylic acid groups (broad SMARTS) is 1. The Morgan fingerprint density at radius 1 is 1.47 bits per heavy atom. The summed E-state index contributed by atoms with van der Waals surface area (Å²) in [6, 6.07) is 4.33. The van der Waals surface area contributed by atoms with E-state index in [1.807, 2.05) is 0 Å². The number of halogens is 2. The molecule has 6 heteroatoms. The van der Waals surface area contributed by atoms with Crippen molar-refractivity contribution in [2.24, 2.45) is 0 Å². The van der Waals surface area contributed by atoms with Crippen molar-refractivity contribution in [3.8, 4) is 0 Å². The van der Waals surface area contributed by atoms with Gasteiger partial charge in [-0.1, -0.05) is 6.07 Å². The number of anilines is 1. The average molecular weight is 214 g/mol. The topological polar surface area (TPSA) is 53.4 Å². The Morgan fingerprint density at radius 2 is 2.13 bits per heavy atom. The fourth-order valence-electron chi connectivity index (χ4n) is 1.39. The van der Waals surface area contributed by atoms with E-state index in [-0.39, 0.29) is 11.5 Å². The lowest BCUT2D eigenvalue weighted by molar-refractivity contribution is -0.0267. The second-order valence-corrected chi connectivity index (χ2v) is 3.40. The van der Waals surface area contributed by atoms with Gasteiger partial charge in [0.25, 0.3) is 5.92 Å². The zero-order chi connectivity index (χ0) is 11.1. The van der Waals surface area contributed by atoms with E-state index in [4.69, 9.17) is 5.11 Å². The highest BCUT2D eigenvalue weighted by Gasteiger charge is 2.44. The molecule has 0 saturated carbocycles. The number of nitrogens with zero attached hydrogens (tertiary/aromatic N) is 2. The summed E-state index contributed by atoms with van der Waals surface area (Å²) in [5.41, 5.74) is -0.136. The van der Waals surface area contributed by atoms with Crippen molar-refractivity contribution in [2.45, 2.75) is 5.92 Å². The van der Waals surface area contributed by atoms with Crippen LogP contribution in [0.15, 0.2) is 18.2 Å². The SMILES string of the molecule is O=C(O)c1cccc(N2CC(F)(F)C2)n1. The van der Waals surface area contributed by atoms with Gasteiger partial charge in [-0.25, -0.2) is 18.6 Å². The Kier molecular flexibility index (Phi) is 2.06. The van der Waals surface area contributed by atoms with E-state index in [9.17, 15) is 13.6 Å². The van der Waals surface area contributed by atoms with E-state index >= 15 is 0 Å². The highest BCUT2D eigenvalue weighted by atomic mass is 19.3. The van der Waals surface area contributed by atoms with E-state index in [1.165, 1.54) is 23.1 Å². The molecule has 0 atom stereocenters. The first-order valence-corrected chi connectivity index (χ1v) is 4.31. The molecular formula is C9H8F2N2O2. The van der Waals surface area contributed by atoms with Gasteiger partial charge in [-0.15, -0.1) is 0 Å². The number of rotatable bonds is 2. The Labute approximate surface area is 84.2 Å². The summed E-state index contributed by atoms with van der Waals surface area (Å²) in [6.07, 6.45) is 0. The second-order valence-electron chi connectivity index (χ2n) is 3.40. The summed E-state index contributed by atoms with van der Waals surface area (Å²) in [7, 11) is 0. The number of aromatic nitrogens is 1.